The maximum Gasteiger partial charge on any atom is 0.419 e. The molecule has 0 unspecified atom stereocenters. The third-order valence-electron chi connectivity index (χ3n) is 5.20. The zero-order chi connectivity index (χ0) is 23.5. The SMILES string of the molecule is CC[C@@H](CNc1ncc(C(F)(F)F)cn1)N(C)C(=O)c1nc(N(C)C)cc2ccccc12. The van der Waals surface area contributed by atoms with E-state index in [9.17, 15) is 18.0 Å². The number of carbonyl (C=O) groups excluding carboxylic acids is 1. The summed E-state index contributed by atoms with van der Waals surface area (Å²) in [5.41, 5.74) is -0.570. The Balaban J connectivity index is 1.79. The quantitative estimate of drug-likeness (QED) is 0.590. The Kier molecular flexibility index (Phi) is 6.81. The fourth-order valence-corrected chi connectivity index (χ4v) is 3.24. The maximum atomic E-state index is 13.4. The van der Waals surface area contributed by atoms with Crippen molar-refractivity contribution >= 4 is 28.4 Å². The number of pyridine rings is 1. The van der Waals surface area contributed by atoms with E-state index in [1.165, 1.54) is 0 Å². The zero-order valence-corrected chi connectivity index (χ0v) is 18.3. The van der Waals surface area contributed by atoms with Crippen LogP contribution >= 0.6 is 0 Å². The number of carbonyl (C=O) groups is 1. The van der Waals surface area contributed by atoms with Crippen molar-refractivity contribution in [2.75, 3.05) is 37.9 Å². The molecular formula is C22H25F3N6O. The molecule has 0 spiro atoms. The normalized spacial score (nSPS) is 12.5. The van der Waals surface area contributed by atoms with E-state index < -0.39 is 11.7 Å². The molecule has 0 aliphatic heterocycles. The predicted octanol–water partition coefficient (Wildman–Crippen LogP) is 4.07. The molecule has 0 aliphatic carbocycles. The van der Waals surface area contributed by atoms with Crippen molar-refractivity contribution in [3.8, 4) is 0 Å². The van der Waals surface area contributed by atoms with Crippen molar-refractivity contribution in [2.24, 2.45) is 0 Å². The molecule has 3 rings (SSSR count). The average molecular weight is 446 g/mol. The van der Waals surface area contributed by atoms with Crippen molar-refractivity contribution in [1.82, 2.24) is 19.9 Å². The van der Waals surface area contributed by atoms with Gasteiger partial charge in [-0.25, -0.2) is 15.0 Å². The number of benzene rings is 1. The number of amides is 1. The molecule has 7 nitrogen and oxygen atoms in total. The summed E-state index contributed by atoms with van der Waals surface area (Å²) in [5.74, 6) is 0.493. The lowest BCUT2D eigenvalue weighted by molar-refractivity contribution is -0.138. The summed E-state index contributed by atoms with van der Waals surface area (Å²) in [7, 11) is 5.40. The van der Waals surface area contributed by atoms with Gasteiger partial charge in [0.25, 0.3) is 5.91 Å². The van der Waals surface area contributed by atoms with E-state index in [1.54, 1.807) is 11.9 Å². The van der Waals surface area contributed by atoms with Crippen LogP contribution in [-0.4, -0.2) is 59.5 Å². The van der Waals surface area contributed by atoms with Gasteiger partial charge in [0.15, 0.2) is 0 Å². The minimum Gasteiger partial charge on any atom is -0.363 e. The zero-order valence-electron chi connectivity index (χ0n) is 18.3. The maximum absolute atomic E-state index is 13.4. The second kappa shape index (κ2) is 9.37. The number of halogens is 3. The van der Waals surface area contributed by atoms with Gasteiger partial charge in [-0.3, -0.25) is 4.79 Å². The van der Waals surface area contributed by atoms with Crippen LogP contribution in [0.15, 0.2) is 42.7 Å². The molecule has 0 saturated heterocycles. The summed E-state index contributed by atoms with van der Waals surface area (Å²) in [6.45, 7) is 2.20. The summed E-state index contributed by atoms with van der Waals surface area (Å²) in [5, 5.41) is 4.58. The molecule has 1 amide bonds. The largest absolute Gasteiger partial charge is 0.419 e. The van der Waals surface area contributed by atoms with Gasteiger partial charge in [0, 0.05) is 51.5 Å². The van der Waals surface area contributed by atoms with Crippen molar-refractivity contribution in [2.45, 2.75) is 25.6 Å². The van der Waals surface area contributed by atoms with Crippen LogP contribution in [0.3, 0.4) is 0 Å². The monoisotopic (exact) mass is 446 g/mol. The Morgan fingerprint density at radius 2 is 1.78 bits per heavy atom. The third kappa shape index (κ3) is 5.06. The fourth-order valence-electron chi connectivity index (χ4n) is 3.24. The van der Waals surface area contributed by atoms with Gasteiger partial charge in [-0.15, -0.1) is 0 Å². The highest BCUT2D eigenvalue weighted by Crippen LogP contribution is 2.28. The highest BCUT2D eigenvalue weighted by molar-refractivity contribution is 6.06. The number of hydrogen-bond donors (Lipinski definition) is 1. The number of hydrogen-bond acceptors (Lipinski definition) is 6. The molecule has 1 N–H and O–H groups in total. The first-order valence-electron chi connectivity index (χ1n) is 10.1. The van der Waals surface area contributed by atoms with Gasteiger partial charge in [0.1, 0.15) is 11.5 Å². The second-order valence-corrected chi connectivity index (χ2v) is 7.60. The molecule has 2 aromatic heterocycles. The molecule has 0 radical (unpaired) electrons. The molecule has 1 atom stereocenters. The lowest BCUT2D eigenvalue weighted by Gasteiger charge is -2.28. The first-order valence-corrected chi connectivity index (χ1v) is 10.1. The van der Waals surface area contributed by atoms with Gasteiger partial charge in [-0.05, 0) is 17.9 Å². The van der Waals surface area contributed by atoms with Crippen LogP contribution in [0.25, 0.3) is 10.8 Å². The molecule has 0 aliphatic rings. The van der Waals surface area contributed by atoms with Gasteiger partial charge in [0.05, 0.1) is 5.56 Å². The van der Waals surface area contributed by atoms with Crippen molar-refractivity contribution in [3.05, 3.63) is 54.0 Å². The molecule has 0 bridgehead atoms. The molecule has 1 aromatic carbocycles. The Morgan fingerprint density at radius 1 is 1.12 bits per heavy atom. The van der Waals surface area contributed by atoms with Crippen LogP contribution in [0.1, 0.15) is 29.4 Å². The molecule has 32 heavy (non-hydrogen) atoms. The number of rotatable bonds is 7. The molecular weight excluding hydrogens is 421 g/mol. The van der Waals surface area contributed by atoms with Crippen LogP contribution in [0.2, 0.25) is 0 Å². The number of alkyl halides is 3. The van der Waals surface area contributed by atoms with E-state index in [0.717, 1.165) is 23.2 Å². The molecule has 0 fully saturated rings. The van der Waals surface area contributed by atoms with Crippen LogP contribution in [0, 0.1) is 0 Å². The summed E-state index contributed by atoms with van der Waals surface area (Å²) < 4.78 is 38.0. The van der Waals surface area contributed by atoms with E-state index in [-0.39, 0.29) is 24.4 Å². The predicted molar refractivity (Wildman–Crippen MR) is 118 cm³/mol. The van der Waals surface area contributed by atoms with Gasteiger partial charge in [-0.2, -0.15) is 13.2 Å². The van der Waals surface area contributed by atoms with Gasteiger partial charge < -0.3 is 15.1 Å². The van der Waals surface area contributed by atoms with Gasteiger partial charge in [-0.1, -0.05) is 31.2 Å². The summed E-state index contributed by atoms with van der Waals surface area (Å²) in [4.78, 5) is 28.8. The van der Waals surface area contributed by atoms with Crippen LogP contribution in [0.4, 0.5) is 24.9 Å². The van der Waals surface area contributed by atoms with Crippen LogP contribution in [0.5, 0.6) is 0 Å². The van der Waals surface area contributed by atoms with Crippen molar-refractivity contribution in [3.63, 3.8) is 0 Å². The molecule has 0 saturated carbocycles. The first kappa shape index (κ1) is 23.2. The average Bonchev–Trinajstić information content (AvgIpc) is 2.77. The molecule has 3 aromatic rings. The van der Waals surface area contributed by atoms with E-state index in [4.69, 9.17) is 0 Å². The standard InChI is InChI=1S/C22H25F3N6O/c1-5-16(13-28-21-26-11-15(12-27-21)22(23,24)25)31(4)20(32)19-17-9-7-6-8-14(17)10-18(29-19)30(2)3/h6-12,16H,5,13H2,1-4H3,(H,26,27,28)/t16-/m0/s1. The number of fused-ring (bicyclic) bond motifs is 1. The number of likely N-dealkylation sites (N-methyl/N-ethyl adjacent to an activating group) is 1. The fraction of sp³-hybridized carbons (Fsp3) is 0.364. The highest BCUT2D eigenvalue weighted by atomic mass is 19.4. The smallest absolute Gasteiger partial charge is 0.363 e. The topological polar surface area (TPSA) is 74.2 Å². The summed E-state index contributed by atoms with van der Waals surface area (Å²) in [6.07, 6.45) is -2.42. The third-order valence-corrected chi connectivity index (χ3v) is 5.20. The Labute approximate surface area is 184 Å². The Hall–Kier alpha value is -3.43. The molecule has 2 heterocycles. The highest BCUT2D eigenvalue weighted by Gasteiger charge is 2.31. The number of nitrogens with one attached hydrogen (secondary N) is 1. The molecule has 10 heteroatoms. The van der Waals surface area contributed by atoms with Crippen LogP contribution in [-0.2, 0) is 6.18 Å². The Bertz CT molecular complexity index is 1090. The molecule has 170 valence electrons. The Morgan fingerprint density at radius 3 is 2.38 bits per heavy atom. The summed E-state index contributed by atoms with van der Waals surface area (Å²) >= 11 is 0. The summed E-state index contributed by atoms with van der Waals surface area (Å²) in [6, 6.07) is 9.23. The first-order chi connectivity index (χ1) is 15.1. The van der Waals surface area contributed by atoms with E-state index in [0.29, 0.717) is 17.9 Å². The van der Waals surface area contributed by atoms with Crippen molar-refractivity contribution < 1.29 is 18.0 Å². The lowest BCUT2D eigenvalue weighted by Crippen LogP contribution is -2.41. The van der Waals surface area contributed by atoms with Gasteiger partial charge >= 0.3 is 6.18 Å². The van der Waals surface area contributed by atoms with Crippen molar-refractivity contribution in [1.29, 1.82) is 0 Å². The minimum atomic E-state index is -4.49. The van der Waals surface area contributed by atoms with Crippen LogP contribution < -0.4 is 10.2 Å². The van der Waals surface area contributed by atoms with E-state index >= 15 is 0 Å². The second-order valence-electron chi connectivity index (χ2n) is 7.60. The number of aromatic nitrogens is 3. The van der Waals surface area contributed by atoms with E-state index in [2.05, 4.69) is 20.3 Å². The van der Waals surface area contributed by atoms with E-state index in [1.807, 2.05) is 56.3 Å². The number of anilines is 2. The van der Waals surface area contributed by atoms with Gasteiger partial charge in [0.2, 0.25) is 5.95 Å². The lowest BCUT2D eigenvalue weighted by atomic mass is 10.1. The number of nitrogens with zero attached hydrogens (tertiary/aromatic N) is 5. The minimum absolute atomic E-state index is 0.0653.